The third-order valence-corrected chi connectivity index (χ3v) is 6.42. The number of rotatable bonds is 3. The van der Waals surface area contributed by atoms with E-state index in [-0.39, 0.29) is 11.7 Å². The lowest BCUT2D eigenvalue weighted by Crippen LogP contribution is -2.40. The van der Waals surface area contributed by atoms with E-state index < -0.39 is 0 Å². The normalized spacial score (nSPS) is 18.3. The van der Waals surface area contributed by atoms with E-state index in [1.54, 1.807) is 4.52 Å². The molecule has 4 heterocycles. The molecule has 2 fully saturated rings. The Morgan fingerprint density at radius 2 is 1.63 bits per heavy atom. The summed E-state index contributed by atoms with van der Waals surface area (Å²) >= 11 is 0. The molecule has 30 heavy (non-hydrogen) atoms. The van der Waals surface area contributed by atoms with Crippen LogP contribution in [0, 0.1) is 6.92 Å². The van der Waals surface area contributed by atoms with Crippen LogP contribution in [0.3, 0.4) is 0 Å². The molecule has 0 unspecified atom stereocenters. The number of piperidine rings is 2. The Bertz CT molecular complexity index is 1090. The Morgan fingerprint density at radius 3 is 2.33 bits per heavy atom. The van der Waals surface area contributed by atoms with Crippen molar-refractivity contribution in [1.82, 2.24) is 14.6 Å². The Kier molecular flexibility index (Phi) is 4.98. The first-order chi connectivity index (χ1) is 14.6. The second-order valence-corrected chi connectivity index (χ2v) is 8.49. The number of fused-ring (bicyclic) bond motifs is 1. The number of aromatic nitrogens is 3. The first-order valence-corrected chi connectivity index (χ1v) is 11.0. The lowest BCUT2D eigenvalue weighted by molar-refractivity contribution is 0.145. The van der Waals surface area contributed by atoms with Crippen LogP contribution in [-0.4, -0.2) is 52.0 Å². The molecule has 7 nitrogen and oxygen atoms in total. The number of aliphatic hydroxyl groups excluding tert-OH is 1. The van der Waals surface area contributed by atoms with Gasteiger partial charge in [-0.2, -0.15) is 9.61 Å². The highest BCUT2D eigenvalue weighted by molar-refractivity contribution is 5.86. The van der Waals surface area contributed by atoms with E-state index >= 15 is 0 Å². The minimum absolute atomic E-state index is 0.0851. The smallest absolute Gasteiger partial charge is 0.298 e. The number of aromatic amines is 1. The second-order valence-electron chi connectivity index (χ2n) is 8.49. The van der Waals surface area contributed by atoms with E-state index in [1.165, 1.54) is 6.42 Å². The second kappa shape index (κ2) is 7.80. The van der Waals surface area contributed by atoms with E-state index in [9.17, 15) is 9.90 Å². The Morgan fingerprint density at radius 1 is 0.967 bits per heavy atom. The zero-order valence-electron chi connectivity index (χ0n) is 17.5. The van der Waals surface area contributed by atoms with Gasteiger partial charge in [0.1, 0.15) is 17.1 Å². The van der Waals surface area contributed by atoms with Crippen LogP contribution in [0.5, 0.6) is 0 Å². The minimum atomic E-state index is -0.274. The van der Waals surface area contributed by atoms with Crippen molar-refractivity contribution in [2.75, 3.05) is 36.0 Å². The molecule has 0 spiro atoms. The number of hydrogen-bond acceptors (Lipinski definition) is 5. The number of hydrogen-bond donors (Lipinski definition) is 2. The summed E-state index contributed by atoms with van der Waals surface area (Å²) in [6, 6.07) is 10.1. The van der Waals surface area contributed by atoms with Gasteiger partial charge in [0, 0.05) is 37.4 Å². The van der Waals surface area contributed by atoms with Crippen molar-refractivity contribution in [3.05, 3.63) is 46.4 Å². The SMILES string of the molecule is Cc1[nH]c2c(N3CCCCC3)c(-c3ccccc3)nn2c(=O)c1N1CCC(O)CC1. The van der Waals surface area contributed by atoms with Gasteiger partial charge in [-0.3, -0.25) is 4.79 Å². The molecule has 5 rings (SSSR count). The number of nitrogens with one attached hydrogen (secondary N) is 1. The van der Waals surface area contributed by atoms with Crippen LogP contribution in [0.2, 0.25) is 0 Å². The minimum Gasteiger partial charge on any atom is -0.393 e. The van der Waals surface area contributed by atoms with Crippen LogP contribution in [0.25, 0.3) is 16.9 Å². The van der Waals surface area contributed by atoms with Crippen LogP contribution in [0.1, 0.15) is 37.8 Å². The lowest BCUT2D eigenvalue weighted by atomic mass is 10.1. The molecule has 7 heteroatoms. The largest absolute Gasteiger partial charge is 0.393 e. The van der Waals surface area contributed by atoms with Crippen molar-refractivity contribution < 1.29 is 5.11 Å². The molecule has 3 aromatic rings. The molecule has 0 amide bonds. The molecule has 2 aromatic heterocycles. The molecule has 2 aliphatic heterocycles. The number of anilines is 2. The van der Waals surface area contributed by atoms with Crippen LogP contribution in [0.15, 0.2) is 35.1 Å². The fraction of sp³-hybridized carbons (Fsp3) is 0.478. The Labute approximate surface area is 175 Å². The molecule has 0 bridgehead atoms. The van der Waals surface area contributed by atoms with E-state index in [0.717, 1.165) is 54.2 Å². The first-order valence-electron chi connectivity index (χ1n) is 11.0. The first kappa shape index (κ1) is 19.2. The summed E-state index contributed by atoms with van der Waals surface area (Å²) < 4.78 is 1.56. The maximum Gasteiger partial charge on any atom is 0.298 e. The van der Waals surface area contributed by atoms with E-state index in [0.29, 0.717) is 31.6 Å². The summed E-state index contributed by atoms with van der Waals surface area (Å²) in [6.07, 6.45) is 4.65. The molecule has 0 atom stereocenters. The number of H-pyrrole nitrogens is 1. The Balaban J connectivity index is 1.69. The maximum atomic E-state index is 13.6. The van der Waals surface area contributed by atoms with Crippen LogP contribution in [-0.2, 0) is 0 Å². The molecule has 2 aliphatic rings. The highest BCUT2D eigenvalue weighted by Crippen LogP contribution is 2.35. The molecule has 0 radical (unpaired) electrons. The molecule has 2 N–H and O–H groups in total. The topological polar surface area (TPSA) is 76.9 Å². The predicted molar refractivity (Wildman–Crippen MR) is 120 cm³/mol. The molecule has 2 saturated heterocycles. The van der Waals surface area contributed by atoms with Gasteiger partial charge in [0.2, 0.25) is 0 Å². The molecule has 0 saturated carbocycles. The van der Waals surface area contributed by atoms with Crippen LogP contribution < -0.4 is 15.4 Å². The molecular weight excluding hydrogens is 378 g/mol. The lowest BCUT2D eigenvalue weighted by Gasteiger charge is -2.32. The number of aliphatic hydroxyl groups is 1. The highest BCUT2D eigenvalue weighted by atomic mass is 16.3. The summed E-state index contributed by atoms with van der Waals surface area (Å²) in [7, 11) is 0. The molecule has 1 aromatic carbocycles. The van der Waals surface area contributed by atoms with Gasteiger partial charge in [0.05, 0.1) is 6.10 Å². The van der Waals surface area contributed by atoms with Gasteiger partial charge >= 0.3 is 0 Å². The number of benzene rings is 1. The summed E-state index contributed by atoms with van der Waals surface area (Å²) in [5, 5.41) is 14.7. The van der Waals surface area contributed by atoms with Gasteiger partial charge in [0.25, 0.3) is 5.56 Å². The quantitative estimate of drug-likeness (QED) is 0.698. The zero-order valence-corrected chi connectivity index (χ0v) is 17.5. The molecule has 158 valence electrons. The summed E-state index contributed by atoms with van der Waals surface area (Å²) in [5.41, 5.74) is 5.13. The highest BCUT2D eigenvalue weighted by Gasteiger charge is 2.27. The summed E-state index contributed by atoms with van der Waals surface area (Å²) in [6.45, 7) is 5.30. The third-order valence-electron chi connectivity index (χ3n) is 6.42. The van der Waals surface area contributed by atoms with Gasteiger partial charge in [-0.25, -0.2) is 0 Å². The van der Waals surface area contributed by atoms with Gasteiger partial charge in [0.15, 0.2) is 5.65 Å². The Hall–Kier alpha value is -2.80. The number of aryl methyl sites for hydroxylation is 1. The molecule has 0 aliphatic carbocycles. The van der Waals surface area contributed by atoms with Crippen molar-refractivity contribution in [3.8, 4) is 11.3 Å². The maximum absolute atomic E-state index is 13.6. The molecular formula is C23H29N5O2. The fourth-order valence-electron chi connectivity index (χ4n) is 4.84. The van der Waals surface area contributed by atoms with E-state index in [2.05, 4.69) is 26.9 Å². The summed E-state index contributed by atoms with van der Waals surface area (Å²) in [5.74, 6) is 0. The fourth-order valence-corrected chi connectivity index (χ4v) is 4.84. The zero-order chi connectivity index (χ0) is 20.7. The van der Waals surface area contributed by atoms with Gasteiger partial charge in [-0.15, -0.1) is 0 Å². The van der Waals surface area contributed by atoms with E-state index in [4.69, 9.17) is 5.10 Å². The van der Waals surface area contributed by atoms with Gasteiger partial charge in [-0.05, 0) is 39.0 Å². The van der Waals surface area contributed by atoms with Gasteiger partial charge in [-0.1, -0.05) is 30.3 Å². The van der Waals surface area contributed by atoms with Crippen LogP contribution >= 0.6 is 0 Å². The average Bonchev–Trinajstić information content (AvgIpc) is 3.16. The van der Waals surface area contributed by atoms with Crippen molar-refractivity contribution >= 4 is 17.0 Å². The van der Waals surface area contributed by atoms with Crippen molar-refractivity contribution in [2.24, 2.45) is 0 Å². The van der Waals surface area contributed by atoms with Gasteiger partial charge < -0.3 is 19.9 Å². The summed E-state index contributed by atoms with van der Waals surface area (Å²) in [4.78, 5) is 21.5. The standard InChI is InChI=1S/C23H29N5O2/c1-16-20(27-14-10-18(29)11-15-27)23(30)28-22(24-16)21(26-12-6-3-7-13-26)19(25-28)17-8-4-2-5-9-17/h2,4-5,8-9,18,24,29H,3,6-7,10-15H2,1H3. The van der Waals surface area contributed by atoms with E-state index in [1.807, 2.05) is 25.1 Å². The monoisotopic (exact) mass is 407 g/mol. The third kappa shape index (κ3) is 3.27. The van der Waals surface area contributed by atoms with Crippen molar-refractivity contribution in [1.29, 1.82) is 0 Å². The van der Waals surface area contributed by atoms with Crippen molar-refractivity contribution in [3.63, 3.8) is 0 Å². The average molecular weight is 408 g/mol. The van der Waals surface area contributed by atoms with Crippen molar-refractivity contribution in [2.45, 2.75) is 45.1 Å². The van der Waals surface area contributed by atoms with Crippen LogP contribution in [0.4, 0.5) is 11.4 Å². The number of nitrogens with zero attached hydrogens (tertiary/aromatic N) is 4. The predicted octanol–water partition coefficient (Wildman–Crippen LogP) is 2.95.